The Balaban J connectivity index is 1.70. The average Bonchev–Trinajstić information content (AvgIpc) is 3.24. The highest BCUT2D eigenvalue weighted by molar-refractivity contribution is 5.86. The molecule has 0 aliphatic heterocycles. The van der Waals surface area contributed by atoms with Gasteiger partial charge in [0.05, 0.1) is 30.5 Å². The van der Waals surface area contributed by atoms with E-state index in [-0.39, 0.29) is 0 Å². The third-order valence-corrected chi connectivity index (χ3v) is 3.67. The molecule has 0 saturated heterocycles. The summed E-state index contributed by atoms with van der Waals surface area (Å²) in [5, 5.41) is 3.29. The molecule has 7 nitrogen and oxygen atoms in total. The summed E-state index contributed by atoms with van der Waals surface area (Å²) >= 11 is 0. The van der Waals surface area contributed by atoms with Gasteiger partial charge in [0.25, 0.3) is 0 Å². The van der Waals surface area contributed by atoms with Crippen molar-refractivity contribution in [3.63, 3.8) is 0 Å². The normalized spacial score (nSPS) is 11.0. The molecule has 0 spiro atoms. The van der Waals surface area contributed by atoms with Crippen LogP contribution in [0.25, 0.3) is 11.0 Å². The number of aromatic nitrogens is 5. The molecule has 0 aliphatic rings. The van der Waals surface area contributed by atoms with Gasteiger partial charge in [0.1, 0.15) is 17.6 Å². The Bertz CT molecular complexity index is 946. The van der Waals surface area contributed by atoms with Crippen molar-refractivity contribution in [3.05, 3.63) is 66.5 Å². The van der Waals surface area contributed by atoms with Crippen molar-refractivity contribution < 1.29 is 4.42 Å². The van der Waals surface area contributed by atoms with Gasteiger partial charge >= 0.3 is 0 Å². The maximum Gasteiger partial charge on any atom is 0.213 e. The molecular weight excluding hydrogens is 304 g/mol. The van der Waals surface area contributed by atoms with E-state index in [1.807, 2.05) is 37.4 Å². The van der Waals surface area contributed by atoms with E-state index in [0.717, 1.165) is 22.5 Å². The van der Waals surface area contributed by atoms with Crippen molar-refractivity contribution >= 4 is 16.9 Å². The molecule has 1 N–H and O–H groups in total. The molecule has 4 aromatic rings. The molecule has 24 heavy (non-hydrogen) atoms. The highest BCUT2D eigenvalue weighted by atomic mass is 16.3. The van der Waals surface area contributed by atoms with Gasteiger partial charge in [0, 0.05) is 12.4 Å². The molecule has 4 heterocycles. The summed E-state index contributed by atoms with van der Waals surface area (Å²) in [5.41, 5.74) is 2.82. The van der Waals surface area contributed by atoms with Crippen molar-refractivity contribution in [3.8, 4) is 0 Å². The zero-order valence-corrected chi connectivity index (χ0v) is 13.2. The highest BCUT2D eigenvalue weighted by Gasteiger charge is 2.12. The van der Waals surface area contributed by atoms with Gasteiger partial charge in [-0.05, 0) is 25.1 Å². The minimum Gasteiger partial charge on any atom is -0.447 e. The van der Waals surface area contributed by atoms with Crippen LogP contribution < -0.4 is 5.32 Å². The predicted molar refractivity (Wildman–Crippen MR) is 89.4 cm³/mol. The third kappa shape index (κ3) is 2.83. The van der Waals surface area contributed by atoms with Crippen LogP contribution in [0.4, 0.5) is 5.82 Å². The number of nitrogens with zero attached hydrogens (tertiary/aromatic N) is 5. The molecule has 0 radical (unpaired) electrons. The average molecular weight is 320 g/mol. The van der Waals surface area contributed by atoms with Crippen LogP contribution in [0.3, 0.4) is 0 Å². The molecule has 7 heteroatoms. The fraction of sp³-hybridized carbons (Fsp3) is 0.176. The molecule has 0 saturated carbocycles. The molecule has 4 aromatic heterocycles. The Labute approximate surface area is 138 Å². The van der Waals surface area contributed by atoms with Gasteiger partial charge < -0.3 is 14.3 Å². The van der Waals surface area contributed by atoms with Crippen molar-refractivity contribution in [1.29, 1.82) is 0 Å². The molecule has 0 bridgehead atoms. The van der Waals surface area contributed by atoms with Crippen LogP contribution in [-0.4, -0.2) is 24.5 Å². The smallest absolute Gasteiger partial charge is 0.213 e. The first-order valence-electron chi connectivity index (χ1n) is 7.65. The van der Waals surface area contributed by atoms with Gasteiger partial charge in [-0.3, -0.25) is 4.98 Å². The van der Waals surface area contributed by atoms with Crippen LogP contribution in [0.15, 0.2) is 53.5 Å². The number of pyridine rings is 1. The topological polar surface area (TPSA) is 81.7 Å². The molecule has 0 aliphatic carbocycles. The Morgan fingerprint density at radius 1 is 1.12 bits per heavy atom. The fourth-order valence-electron chi connectivity index (χ4n) is 2.64. The number of hydrogen-bond donors (Lipinski definition) is 1. The first-order chi connectivity index (χ1) is 11.8. The summed E-state index contributed by atoms with van der Waals surface area (Å²) in [6, 6.07) is 7.88. The highest BCUT2D eigenvalue weighted by Crippen LogP contribution is 2.23. The molecule has 4 rings (SSSR count). The molecule has 0 unspecified atom stereocenters. The molecular formula is C17H16N6O. The van der Waals surface area contributed by atoms with Gasteiger partial charge in [-0.2, -0.15) is 0 Å². The SMILES string of the molecule is Cc1nc(NCc2ncco2)c2c(ccn2Cc2ccccn2)n1. The van der Waals surface area contributed by atoms with E-state index in [9.17, 15) is 0 Å². The van der Waals surface area contributed by atoms with E-state index in [1.165, 1.54) is 0 Å². The maximum atomic E-state index is 5.27. The van der Waals surface area contributed by atoms with E-state index in [4.69, 9.17) is 4.42 Å². The van der Waals surface area contributed by atoms with E-state index >= 15 is 0 Å². The predicted octanol–water partition coefficient (Wildman–Crippen LogP) is 2.78. The van der Waals surface area contributed by atoms with E-state index in [0.29, 0.717) is 24.8 Å². The van der Waals surface area contributed by atoms with Gasteiger partial charge in [-0.1, -0.05) is 6.07 Å². The molecule has 0 aromatic carbocycles. The van der Waals surface area contributed by atoms with Crippen LogP contribution in [0.5, 0.6) is 0 Å². The lowest BCUT2D eigenvalue weighted by Crippen LogP contribution is -2.08. The summed E-state index contributed by atoms with van der Waals surface area (Å²) in [6.45, 7) is 3.00. The molecule has 0 fully saturated rings. The second-order valence-corrected chi connectivity index (χ2v) is 5.40. The Kier molecular flexibility index (Phi) is 3.66. The summed E-state index contributed by atoms with van der Waals surface area (Å²) in [5.74, 6) is 2.09. The number of fused-ring (bicyclic) bond motifs is 1. The van der Waals surface area contributed by atoms with Crippen LogP contribution >= 0.6 is 0 Å². The first kappa shape index (κ1) is 14.4. The van der Waals surface area contributed by atoms with Crippen molar-refractivity contribution in [2.24, 2.45) is 0 Å². The summed E-state index contributed by atoms with van der Waals surface area (Å²) < 4.78 is 7.36. The quantitative estimate of drug-likeness (QED) is 0.609. The lowest BCUT2D eigenvalue weighted by atomic mass is 10.3. The van der Waals surface area contributed by atoms with Gasteiger partial charge in [0.15, 0.2) is 5.82 Å². The Hall–Kier alpha value is -3.22. The fourth-order valence-corrected chi connectivity index (χ4v) is 2.64. The van der Waals surface area contributed by atoms with Crippen LogP contribution in [0, 0.1) is 6.92 Å². The standard InChI is InChI=1S/C17H16N6O/c1-12-21-14-5-8-23(11-13-4-2-3-6-18-13)16(14)17(22-12)20-10-15-19-7-9-24-15/h2-9H,10-11H2,1H3,(H,20,21,22). The lowest BCUT2D eigenvalue weighted by Gasteiger charge is -2.10. The van der Waals surface area contributed by atoms with Gasteiger partial charge in [-0.25, -0.2) is 15.0 Å². The minimum absolute atomic E-state index is 0.466. The number of anilines is 1. The summed E-state index contributed by atoms with van der Waals surface area (Å²) in [7, 11) is 0. The Morgan fingerprint density at radius 3 is 2.88 bits per heavy atom. The maximum absolute atomic E-state index is 5.27. The number of nitrogens with one attached hydrogen (secondary N) is 1. The summed E-state index contributed by atoms with van der Waals surface area (Å²) in [6.07, 6.45) is 6.98. The van der Waals surface area contributed by atoms with Gasteiger partial charge in [0.2, 0.25) is 5.89 Å². The zero-order chi connectivity index (χ0) is 16.4. The number of aryl methyl sites for hydroxylation is 1. The van der Waals surface area contributed by atoms with Crippen LogP contribution in [0.1, 0.15) is 17.4 Å². The zero-order valence-electron chi connectivity index (χ0n) is 13.2. The minimum atomic E-state index is 0.466. The monoisotopic (exact) mass is 320 g/mol. The largest absolute Gasteiger partial charge is 0.447 e. The number of rotatable bonds is 5. The van der Waals surface area contributed by atoms with E-state index in [2.05, 4.69) is 29.8 Å². The first-order valence-corrected chi connectivity index (χ1v) is 7.65. The second-order valence-electron chi connectivity index (χ2n) is 5.40. The second kappa shape index (κ2) is 6.11. The lowest BCUT2D eigenvalue weighted by molar-refractivity contribution is 0.503. The molecule has 120 valence electrons. The van der Waals surface area contributed by atoms with Crippen LogP contribution in [-0.2, 0) is 13.1 Å². The van der Waals surface area contributed by atoms with Crippen molar-refractivity contribution in [2.75, 3.05) is 5.32 Å². The van der Waals surface area contributed by atoms with E-state index < -0.39 is 0 Å². The van der Waals surface area contributed by atoms with Crippen LogP contribution in [0.2, 0.25) is 0 Å². The van der Waals surface area contributed by atoms with E-state index in [1.54, 1.807) is 18.7 Å². The van der Waals surface area contributed by atoms with Crippen molar-refractivity contribution in [1.82, 2.24) is 24.5 Å². The number of oxazole rings is 1. The van der Waals surface area contributed by atoms with Crippen molar-refractivity contribution in [2.45, 2.75) is 20.0 Å². The summed E-state index contributed by atoms with van der Waals surface area (Å²) in [4.78, 5) is 17.6. The third-order valence-electron chi connectivity index (χ3n) is 3.67. The van der Waals surface area contributed by atoms with Gasteiger partial charge in [-0.15, -0.1) is 0 Å². The number of hydrogen-bond acceptors (Lipinski definition) is 6. The molecule has 0 atom stereocenters. The Morgan fingerprint density at radius 2 is 2.08 bits per heavy atom. The molecule has 0 amide bonds.